The SMILES string of the molecule is O=C(O)C(F)(Cc1ccc(Br)cc1)C(=O)O. The summed E-state index contributed by atoms with van der Waals surface area (Å²) in [6, 6.07) is 6.09. The lowest BCUT2D eigenvalue weighted by Crippen LogP contribution is -2.44. The number of carbonyl (C=O) groups is 2. The van der Waals surface area contributed by atoms with Crippen molar-refractivity contribution in [1.82, 2.24) is 0 Å². The lowest BCUT2D eigenvalue weighted by Gasteiger charge is -2.15. The molecule has 0 bridgehead atoms. The van der Waals surface area contributed by atoms with Crippen molar-refractivity contribution in [3.63, 3.8) is 0 Å². The van der Waals surface area contributed by atoms with E-state index in [1.165, 1.54) is 12.1 Å². The minimum Gasteiger partial charge on any atom is -0.478 e. The Kier molecular flexibility index (Phi) is 3.64. The molecule has 0 radical (unpaired) electrons. The quantitative estimate of drug-likeness (QED) is 0.830. The van der Waals surface area contributed by atoms with E-state index in [-0.39, 0.29) is 0 Å². The van der Waals surface area contributed by atoms with E-state index >= 15 is 0 Å². The standard InChI is InChI=1S/C10H8BrFO4/c11-7-3-1-6(2-4-7)5-10(12,8(13)14)9(15)16/h1-4H,5H2,(H,13,14)(H,15,16). The van der Waals surface area contributed by atoms with Crippen LogP contribution in [0.2, 0.25) is 0 Å². The second-order valence-corrected chi connectivity index (χ2v) is 4.13. The molecule has 2 N–H and O–H groups in total. The van der Waals surface area contributed by atoms with Gasteiger partial charge in [-0.15, -0.1) is 0 Å². The Morgan fingerprint density at radius 2 is 1.62 bits per heavy atom. The lowest BCUT2D eigenvalue weighted by atomic mass is 9.96. The van der Waals surface area contributed by atoms with Gasteiger partial charge < -0.3 is 10.2 Å². The van der Waals surface area contributed by atoms with Crippen LogP contribution < -0.4 is 0 Å². The smallest absolute Gasteiger partial charge is 0.353 e. The minimum atomic E-state index is -3.28. The van der Waals surface area contributed by atoms with Crippen LogP contribution in [0.25, 0.3) is 0 Å². The molecule has 0 fully saturated rings. The summed E-state index contributed by atoms with van der Waals surface area (Å²) in [4.78, 5) is 21.1. The predicted molar refractivity (Wildman–Crippen MR) is 57.0 cm³/mol. The number of hydrogen-bond donors (Lipinski definition) is 2. The van der Waals surface area contributed by atoms with E-state index in [4.69, 9.17) is 10.2 Å². The van der Waals surface area contributed by atoms with Gasteiger partial charge in [-0.05, 0) is 17.7 Å². The van der Waals surface area contributed by atoms with Crippen LogP contribution in [0.1, 0.15) is 5.56 Å². The highest BCUT2D eigenvalue weighted by Gasteiger charge is 2.47. The number of hydrogen-bond acceptors (Lipinski definition) is 2. The molecule has 0 amide bonds. The van der Waals surface area contributed by atoms with Crippen molar-refractivity contribution in [3.8, 4) is 0 Å². The van der Waals surface area contributed by atoms with Crippen LogP contribution in [0.3, 0.4) is 0 Å². The van der Waals surface area contributed by atoms with Gasteiger partial charge >= 0.3 is 17.6 Å². The molecule has 0 aliphatic carbocycles. The zero-order chi connectivity index (χ0) is 12.3. The number of aliphatic carboxylic acids is 2. The molecule has 0 aliphatic heterocycles. The first kappa shape index (κ1) is 12.6. The van der Waals surface area contributed by atoms with Crippen LogP contribution in [0, 0.1) is 0 Å². The zero-order valence-electron chi connectivity index (χ0n) is 7.98. The van der Waals surface area contributed by atoms with Crippen molar-refractivity contribution in [1.29, 1.82) is 0 Å². The Bertz CT molecular complexity index is 401. The van der Waals surface area contributed by atoms with Crippen LogP contribution in [0.15, 0.2) is 28.7 Å². The molecular formula is C10H8BrFO4. The Balaban J connectivity index is 2.97. The van der Waals surface area contributed by atoms with Crippen molar-refractivity contribution >= 4 is 27.9 Å². The first-order chi connectivity index (χ1) is 7.36. The van der Waals surface area contributed by atoms with E-state index in [0.29, 0.717) is 5.56 Å². The Hall–Kier alpha value is -1.43. The monoisotopic (exact) mass is 290 g/mol. The molecule has 0 aromatic heterocycles. The Morgan fingerprint density at radius 1 is 1.19 bits per heavy atom. The maximum absolute atomic E-state index is 13.6. The summed E-state index contributed by atoms with van der Waals surface area (Å²) < 4.78 is 14.4. The molecule has 1 rings (SSSR count). The average Bonchev–Trinajstić information content (AvgIpc) is 2.20. The molecule has 4 nitrogen and oxygen atoms in total. The summed E-state index contributed by atoms with van der Waals surface area (Å²) in [5.74, 6) is -3.99. The van der Waals surface area contributed by atoms with Gasteiger partial charge in [0.1, 0.15) is 0 Å². The summed E-state index contributed by atoms with van der Waals surface area (Å²) in [6.45, 7) is 0. The molecule has 16 heavy (non-hydrogen) atoms. The summed E-state index contributed by atoms with van der Waals surface area (Å²) in [5, 5.41) is 17.1. The molecule has 0 spiro atoms. The fourth-order valence-corrected chi connectivity index (χ4v) is 1.39. The van der Waals surface area contributed by atoms with E-state index in [9.17, 15) is 14.0 Å². The van der Waals surface area contributed by atoms with Crippen molar-refractivity contribution < 1.29 is 24.2 Å². The molecule has 0 saturated heterocycles. The van der Waals surface area contributed by atoms with Crippen molar-refractivity contribution in [2.75, 3.05) is 0 Å². The van der Waals surface area contributed by atoms with Crippen LogP contribution in [-0.4, -0.2) is 27.8 Å². The molecule has 0 aliphatic rings. The number of carboxylic acids is 2. The fraction of sp³-hybridized carbons (Fsp3) is 0.200. The van der Waals surface area contributed by atoms with Gasteiger partial charge in [-0.25, -0.2) is 14.0 Å². The third-order valence-corrected chi connectivity index (χ3v) is 2.57. The molecule has 0 saturated carbocycles. The molecule has 0 unspecified atom stereocenters. The third kappa shape index (κ3) is 2.57. The Morgan fingerprint density at radius 3 is 2.00 bits per heavy atom. The summed E-state index contributed by atoms with van der Waals surface area (Å²) in [5.41, 5.74) is -2.98. The predicted octanol–water partition coefficient (Wildman–Crippen LogP) is 1.87. The average molecular weight is 291 g/mol. The molecule has 0 heterocycles. The number of alkyl halides is 1. The number of rotatable bonds is 4. The van der Waals surface area contributed by atoms with Gasteiger partial charge in [-0.1, -0.05) is 28.1 Å². The highest BCUT2D eigenvalue weighted by molar-refractivity contribution is 9.10. The van der Waals surface area contributed by atoms with Crippen LogP contribution in [-0.2, 0) is 16.0 Å². The van der Waals surface area contributed by atoms with Gasteiger partial charge in [0.05, 0.1) is 0 Å². The number of carboxylic acid groups (broad SMARTS) is 2. The van der Waals surface area contributed by atoms with Crippen LogP contribution in [0.5, 0.6) is 0 Å². The highest BCUT2D eigenvalue weighted by atomic mass is 79.9. The first-order valence-electron chi connectivity index (χ1n) is 4.26. The Labute approximate surface area is 98.8 Å². The van der Waals surface area contributed by atoms with Gasteiger partial charge in [0, 0.05) is 10.9 Å². The van der Waals surface area contributed by atoms with Crippen molar-refractivity contribution in [2.24, 2.45) is 0 Å². The molecule has 1 aromatic rings. The fourth-order valence-electron chi connectivity index (χ4n) is 1.13. The summed E-state index contributed by atoms with van der Waals surface area (Å²) in [7, 11) is 0. The van der Waals surface area contributed by atoms with E-state index in [0.717, 1.165) is 4.47 Å². The van der Waals surface area contributed by atoms with Crippen molar-refractivity contribution in [2.45, 2.75) is 12.1 Å². The third-order valence-electron chi connectivity index (χ3n) is 2.04. The number of halogens is 2. The van der Waals surface area contributed by atoms with Gasteiger partial charge in [-0.3, -0.25) is 0 Å². The topological polar surface area (TPSA) is 74.6 Å². The molecule has 1 aromatic carbocycles. The largest absolute Gasteiger partial charge is 0.478 e. The molecular weight excluding hydrogens is 283 g/mol. The maximum atomic E-state index is 13.6. The highest BCUT2D eigenvalue weighted by Crippen LogP contribution is 2.20. The van der Waals surface area contributed by atoms with E-state index in [1.54, 1.807) is 12.1 Å². The van der Waals surface area contributed by atoms with Gasteiger partial charge in [0.25, 0.3) is 0 Å². The first-order valence-corrected chi connectivity index (χ1v) is 5.05. The van der Waals surface area contributed by atoms with Crippen LogP contribution in [0.4, 0.5) is 4.39 Å². The summed E-state index contributed by atoms with van der Waals surface area (Å²) in [6.07, 6.45) is -0.703. The normalized spacial score (nSPS) is 11.1. The molecule has 0 atom stereocenters. The molecule has 6 heteroatoms. The molecule has 86 valence electrons. The van der Waals surface area contributed by atoms with E-state index in [2.05, 4.69) is 15.9 Å². The summed E-state index contributed by atoms with van der Waals surface area (Å²) >= 11 is 3.16. The second kappa shape index (κ2) is 4.61. The second-order valence-electron chi connectivity index (χ2n) is 3.21. The van der Waals surface area contributed by atoms with Crippen LogP contribution >= 0.6 is 15.9 Å². The lowest BCUT2D eigenvalue weighted by molar-refractivity contribution is -0.166. The zero-order valence-corrected chi connectivity index (χ0v) is 9.57. The minimum absolute atomic E-state index is 0.301. The van der Waals surface area contributed by atoms with E-state index < -0.39 is 24.0 Å². The van der Waals surface area contributed by atoms with Gasteiger partial charge in [0.15, 0.2) is 0 Å². The maximum Gasteiger partial charge on any atom is 0.353 e. The number of benzene rings is 1. The van der Waals surface area contributed by atoms with E-state index in [1.807, 2.05) is 0 Å². The van der Waals surface area contributed by atoms with Gasteiger partial charge in [0.2, 0.25) is 0 Å². The van der Waals surface area contributed by atoms with Crippen molar-refractivity contribution in [3.05, 3.63) is 34.3 Å². The van der Waals surface area contributed by atoms with Gasteiger partial charge in [-0.2, -0.15) is 0 Å².